The van der Waals surface area contributed by atoms with Crippen molar-refractivity contribution in [1.82, 2.24) is 10.1 Å². The van der Waals surface area contributed by atoms with Gasteiger partial charge < -0.3 is 15.0 Å². The van der Waals surface area contributed by atoms with Gasteiger partial charge in [0.1, 0.15) is 0 Å². The van der Waals surface area contributed by atoms with Crippen LogP contribution in [-0.4, -0.2) is 17.3 Å². The van der Waals surface area contributed by atoms with E-state index in [2.05, 4.69) is 10.1 Å². The fourth-order valence-corrected chi connectivity index (χ4v) is 1.40. The number of hydrogen-bond acceptors (Lipinski definition) is 5. The van der Waals surface area contributed by atoms with Gasteiger partial charge in [0, 0.05) is 5.56 Å². The van der Waals surface area contributed by atoms with Crippen molar-refractivity contribution in [3.05, 3.63) is 29.8 Å². The van der Waals surface area contributed by atoms with E-state index in [0.29, 0.717) is 11.4 Å². The molecule has 2 rings (SSSR count). The molecule has 0 saturated carbocycles. The maximum absolute atomic E-state index is 13.5. The Hall–Kier alpha value is -1.95. The van der Waals surface area contributed by atoms with E-state index in [1.165, 1.54) is 19.2 Å². The molecule has 0 atom stereocenters. The number of nitrogens with two attached hydrogens (primary N) is 1. The zero-order chi connectivity index (χ0) is 13.3. The molecule has 0 amide bonds. The van der Waals surface area contributed by atoms with E-state index in [1.54, 1.807) is 19.9 Å². The summed E-state index contributed by atoms with van der Waals surface area (Å²) in [5.74, 6) is 0.276. The monoisotopic (exact) mass is 251 g/mol. The normalized spacial score (nSPS) is 11.6. The molecule has 0 radical (unpaired) electrons. The lowest BCUT2D eigenvalue weighted by atomic mass is 10.1. The van der Waals surface area contributed by atoms with E-state index in [9.17, 15) is 4.39 Å². The van der Waals surface area contributed by atoms with Gasteiger partial charge in [-0.15, -0.1) is 0 Å². The minimum atomic E-state index is -0.702. The van der Waals surface area contributed by atoms with Crippen molar-refractivity contribution in [2.45, 2.75) is 19.4 Å². The van der Waals surface area contributed by atoms with E-state index in [-0.39, 0.29) is 11.6 Å². The first kappa shape index (κ1) is 12.5. The first-order valence-corrected chi connectivity index (χ1v) is 5.39. The van der Waals surface area contributed by atoms with E-state index in [4.69, 9.17) is 15.0 Å². The van der Waals surface area contributed by atoms with Crippen molar-refractivity contribution in [3.8, 4) is 17.2 Å². The molecule has 2 N–H and O–H groups in total. The summed E-state index contributed by atoms with van der Waals surface area (Å²) in [6.45, 7) is 3.52. The Balaban J connectivity index is 2.38. The van der Waals surface area contributed by atoms with Crippen LogP contribution in [0.4, 0.5) is 4.39 Å². The van der Waals surface area contributed by atoms with Gasteiger partial charge in [-0.3, -0.25) is 0 Å². The molecule has 0 aliphatic rings. The summed E-state index contributed by atoms with van der Waals surface area (Å²) >= 11 is 0. The van der Waals surface area contributed by atoms with E-state index < -0.39 is 11.4 Å². The van der Waals surface area contributed by atoms with Gasteiger partial charge in [-0.25, -0.2) is 4.39 Å². The van der Waals surface area contributed by atoms with Crippen LogP contribution in [0.5, 0.6) is 5.75 Å². The van der Waals surface area contributed by atoms with Gasteiger partial charge in [-0.2, -0.15) is 4.98 Å². The van der Waals surface area contributed by atoms with Crippen LogP contribution in [-0.2, 0) is 5.54 Å². The molecule has 0 aliphatic carbocycles. The highest BCUT2D eigenvalue weighted by molar-refractivity contribution is 5.54. The average molecular weight is 251 g/mol. The van der Waals surface area contributed by atoms with Gasteiger partial charge in [0.15, 0.2) is 17.4 Å². The first-order chi connectivity index (χ1) is 8.41. The third kappa shape index (κ3) is 2.33. The summed E-state index contributed by atoms with van der Waals surface area (Å²) in [7, 11) is 1.40. The fraction of sp³-hybridized carbons (Fsp3) is 0.333. The Morgan fingerprint density at radius 2 is 2.11 bits per heavy atom. The van der Waals surface area contributed by atoms with Gasteiger partial charge in [-0.1, -0.05) is 5.16 Å². The van der Waals surface area contributed by atoms with Crippen LogP contribution in [0.2, 0.25) is 0 Å². The second-order valence-corrected chi connectivity index (χ2v) is 4.49. The fourth-order valence-electron chi connectivity index (χ4n) is 1.40. The number of aromatic nitrogens is 2. The minimum absolute atomic E-state index is 0.164. The van der Waals surface area contributed by atoms with Crippen LogP contribution >= 0.6 is 0 Å². The highest BCUT2D eigenvalue weighted by Crippen LogP contribution is 2.25. The smallest absolute Gasteiger partial charge is 0.258 e. The minimum Gasteiger partial charge on any atom is -0.494 e. The number of ether oxygens (including phenoxy) is 1. The molecule has 0 unspecified atom stereocenters. The number of methoxy groups -OCH3 is 1. The molecule has 1 heterocycles. The molecular formula is C12H14FN3O2. The average Bonchev–Trinajstić information content (AvgIpc) is 2.77. The number of halogens is 1. The molecule has 0 bridgehead atoms. The highest BCUT2D eigenvalue weighted by Gasteiger charge is 2.22. The van der Waals surface area contributed by atoms with Crippen LogP contribution in [0.15, 0.2) is 22.7 Å². The summed E-state index contributed by atoms with van der Waals surface area (Å²) in [5, 5.41) is 3.77. The first-order valence-electron chi connectivity index (χ1n) is 5.39. The van der Waals surface area contributed by atoms with E-state index in [0.717, 1.165) is 0 Å². The molecule has 5 nitrogen and oxygen atoms in total. The van der Waals surface area contributed by atoms with Crippen LogP contribution in [0.25, 0.3) is 11.5 Å². The highest BCUT2D eigenvalue weighted by atomic mass is 19.1. The zero-order valence-corrected chi connectivity index (χ0v) is 10.4. The molecule has 1 aromatic heterocycles. The molecule has 2 aromatic rings. The van der Waals surface area contributed by atoms with E-state index in [1.807, 2.05) is 0 Å². The van der Waals surface area contributed by atoms with Crippen LogP contribution in [0, 0.1) is 5.82 Å². The maximum atomic E-state index is 13.5. The van der Waals surface area contributed by atoms with E-state index >= 15 is 0 Å². The molecule has 0 spiro atoms. The van der Waals surface area contributed by atoms with Crippen molar-refractivity contribution < 1.29 is 13.7 Å². The third-order valence-corrected chi connectivity index (χ3v) is 2.40. The van der Waals surface area contributed by atoms with Crippen molar-refractivity contribution in [1.29, 1.82) is 0 Å². The summed E-state index contributed by atoms with van der Waals surface area (Å²) in [6.07, 6.45) is 0. The van der Waals surface area contributed by atoms with Gasteiger partial charge in [0.25, 0.3) is 5.89 Å². The van der Waals surface area contributed by atoms with Crippen molar-refractivity contribution in [3.63, 3.8) is 0 Å². The molecular weight excluding hydrogens is 237 g/mol. The number of hydrogen-bond donors (Lipinski definition) is 1. The Kier molecular flexibility index (Phi) is 3.04. The standard InChI is InChI=1S/C12H14FN3O2/c1-12(2,14)11-15-10(18-16-11)7-4-5-9(17-3)8(13)6-7/h4-6H,14H2,1-3H3. The summed E-state index contributed by atoms with van der Waals surface area (Å²) < 4.78 is 23.4. The zero-order valence-electron chi connectivity index (χ0n) is 10.4. The predicted molar refractivity (Wildman–Crippen MR) is 63.5 cm³/mol. The summed E-state index contributed by atoms with van der Waals surface area (Å²) in [4.78, 5) is 4.14. The number of rotatable bonds is 3. The van der Waals surface area contributed by atoms with Gasteiger partial charge in [0.2, 0.25) is 0 Å². The Morgan fingerprint density at radius 1 is 1.39 bits per heavy atom. The van der Waals surface area contributed by atoms with Crippen molar-refractivity contribution in [2.75, 3.05) is 7.11 Å². The third-order valence-electron chi connectivity index (χ3n) is 2.40. The number of benzene rings is 1. The predicted octanol–water partition coefficient (Wildman–Crippen LogP) is 2.08. The second-order valence-electron chi connectivity index (χ2n) is 4.49. The summed E-state index contributed by atoms with van der Waals surface area (Å²) in [6, 6.07) is 4.42. The topological polar surface area (TPSA) is 74.2 Å². The van der Waals surface area contributed by atoms with Crippen molar-refractivity contribution >= 4 is 0 Å². The summed E-state index contributed by atoms with van der Waals surface area (Å²) in [5.41, 5.74) is 5.63. The largest absolute Gasteiger partial charge is 0.494 e. The quantitative estimate of drug-likeness (QED) is 0.903. The Morgan fingerprint density at radius 3 is 2.61 bits per heavy atom. The maximum Gasteiger partial charge on any atom is 0.258 e. The molecule has 1 aromatic carbocycles. The number of nitrogens with zero attached hydrogens (tertiary/aromatic N) is 2. The molecule has 0 aliphatic heterocycles. The SMILES string of the molecule is COc1ccc(-c2nc(C(C)(C)N)no2)cc1F. The lowest BCUT2D eigenvalue weighted by Gasteiger charge is -2.11. The molecule has 6 heteroatoms. The van der Waals surface area contributed by atoms with Gasteiger partial charge in [-0.05, 0) is 32.0 Å². The lowest BCUT2D eigenvalue weighted by Crippen LogP contribution is -2.30. The van der Waals surface area contributed by atoms with Crippen LogP contribution in [0.1, 0.15) is 19.7 Å². The lowest BCUT2D eigenvalue weighted by molar-refractivity contribution is 0.385. The Labute approximate surface area is 104 Å². The Bertz CT molecular complexity index is 561. The molecule has 0 fully saturated rings. The van der Waals surface area contributed by atoms with Crippen LogP contribution < -0.4 is 10.5 Å². The van der Waals surface area contributed by atoms with Crippen molar-refractivity contribution in [2.24, 2.45) is 5.73 Å². The molecule has 0 saturated heterocycles. The molecule has 18 heavy (non-hydrogen) atoms. The van der Waals surface area contributed by atoms with Crippen LogP contribution in [0.3, 0.4) is 0 Å². The molecule has 96 valence electrons. The van der Waals surface area contributed by atoms with Gasteiger partial charge in [0.05, 0.1) is 12.6 Å². The second kappa shape index (κ2) is 4.38. The van der Waals surface area contributed by atoms with Gasteiger partial charge >= 0.3 is 0 Å².